The minimum absolute atomic E-state index is 0.108. The van der Waals surface area contributed by atoms with Crippen LogP contribution >= 0.6 is 0 Å². The number of aromatic carboxylic acids is 1. The van der Waals surface area contributed by atoms with E-state index in [0.29, 0.717) is 46.6 Å². The van der Waals surface area contributed by atoms with E-state index in [-0.39, 0.29) is 11.3 Å². The molecule has 0 bridgehead atoms. The number of hydrogen-bond donors (Lipinski definition) is 1. The summed E-state index contributed by atoms with van der Waals surface area (Å²) in [4.78, 5) is 17.6. The van der Waals surface area contributed by atoms with Crippen LogP contribution < -0.4 is 4.90 Å². The van der Waals surface area contributed by atoms with Crippen LogP contribution in [-0.2, 0) is 13.5 Å². The fourth-order valence-electron chi connectivity index (χ4n) is 4.11. The Kier molecular flexibility index (Phi) is 4.46. The Hall–Kier alpha value is -3.75. The highest BCUT2D eigenvalue weighted by atomic mass is 19.3. The second-order valence-electron chi connectivity index (χ2n) is 7.50. The predicted molar refractivity (Wildman–Crippen MR) is 110 cm³/mol. The van der Waals surface area contributed by atoms with Crippen molar-refractivity contribution in [1.29, 1.82) is 0 Å². The lowest BCUT2D eigenvalue weighted by Gasteiger charge is -2.31. The number of aryl methyl sites for hydroxylation is 2. The quantitative estimate of drug-likeness (QED) is 0.499. The average molecular weight is 424 g/mol. The minimum Gasteiger partial charge on any atom is -0.477 e. The molecule has 0 radical (unpaired) electrons. The number of hydrogen-bond acceptors (Lipinski definition) is 5. The number of nitrogens with zero attached hydrogens (tertiary/aromatic N) is 4. The Balaban J connectivity index is 1.71. The number of halogens is 2. The number of carbonyl (C=O) groups is 1. The fraction of sp³-hybridized carbons (Fsp3) is 0.227. The van der Waals surface area contributed by atoms with Crippen LogP contribution in [0.3, 0.4) is 0 Å². The van der Waals surface area contributed by atoms with Crippen molar-refractivity contribution in [3.63, 3.8) is 0 Å². The third-order valence-corrected chi connectivity index (χ3v) is 5.51. The lowest BCUT2D eigenvalue weighted by Crippen LogP contribution is -2.26. The molecule has 31 heavy (non-hydrogen) atoms. The van der Waals surface area contributed by atoms with Gasteiger partial charge in [-0.25, -0.2) is 18.6 Å². The number of pyridine rings is 1. The number of rotatable bonds is 4. The summed E-state index contributed by atoms with van der Waals surface area (Å²) in [7, 11) is 1.74. The van der Waals surface area contributed by atoms with Crippen LogP contribution in [0.2, 0.25) is 0 Å². The van der Waals surface area contributed by atoms with Crippen LogP contribution in [0.15, 0.2) is 47.3 Å². The Morgan fingerprint density at radius 3 is 2.84 bits per heavy atom. The third kappa shape index (κ3) is 3.22. The van der Waals surface area contributed by atoms with E-state index in [2.05, 4.69) is 10.1 Å². The second-order valence-corrected chi connectivity index (χ2v) is 7.50. The molecule has 0 aliphatic carbocycles. The van der Waals surface area contributed by atoms with Crippen molar-refractivity contribution >= 4 is 28.4 Å². The zero-order chi connectivity index (χ0) is 21.7. The van der Waals surface area contributed by atoms with E-state index in [1.807, 2.05) is 0 Å². The molecular formula is C22H18F2N4O3. The van der Waals surface area contributed by atoms with Crippen molar-refractivity contribution in [2.75, 3.05) is 11.4 Å². The molecule has 0 saturated carbocycles. The summed E-state index contributed by atoms with van der Waals surface area (Å²) < 4.78 is 35.2. The molecule has 0 spiro atoms. The molecule has 1 N–H and O–H groups in total. The number of benzene rings is 1. The topological polar surface area (TPSA) is 84.4 Å². The predicted octanol–water partition coefficient (Wildman–Crippen LogP) is 4.95. The average Bonchev–Trinajstić information content (AvgIpc) is 3.40. The molecule has 5 rings (SSSR count). The molecule has 0 atom stereocenters. The number of furan rings is 1. The van der Waals surface area contributed by atoms with Crippen molar-refractivity contribution in [3.05, 3.63) is 59.7 Å². The monoisotopic (exact) mass is 424 g/mol. The van der Waals surface area contributed by atoms with Gasteiger partial charge in [0.05, 0.1) is 12.5 Å². The highest BCUT2D eigenvalue weighted by Gasteiger charge is 2.27. The van der Waals surface area contributed by atoms with Gasteiger partial charge in [0.15, 0.2) is 17.1 Å². The number of anilines is 2. The van der Waals surface area contributed by atoms with Crippen LogP contribution in [0.5, 0.6) is 0 Å². The SMILES string of the molecule is Cn1cc(-c2cc3c(cc2C(F)F)N(c2nc(C(=O)O)cc4ccoc24)CCC3)cn1. The highest BCUT2D eigenvalue weighted by Crippen LogP contribution is 2.42. The summed E-state index contributed by atoms with van der Waals surface area (Å²) in [5.74, 6) is -0.850. The molecule has 3 aromatic heterocycles. The molecule has 9 heteroatoms. The van der Waals surface area contributed by atoms with Crippen LogP contribution in [0, 0.1) is 0 Å². The lowest BCUT2D eigenvalue weighted by molar-refractivity contribution is 0.0690. The van der Waals surface area contributed by atoms with E-state index >= 15 is 0 Å². The molecular weight excluding hydrogens is 406 g/mol. The van der Waals surface area contributed by atoms with Gasteiger partial charge in [0, 0.05) is 42.0 Å². The third-order valence-electron chi connectivity index (χ3n) is 5.51. The van der Waals surface area contributed by atoms with Crippen LogP contribution in [0.1, 0.15) is 34.5 Å². The molecule has 4 heterocycles. The zero-order valence-corrected chi connectivity index (χ0v) is 16.5. The second kappa shape index (κ2) is 7.19. The minimum atomic E-state index is -2.69. The van der Waals surface area contributed by atoms with Gasteiger partial charge in [-0.3, -0.25) is 4.68 Å². The maximum atomic E-state index is 14.0. The normalized spacial score (nSPS) is 13.7. The van der Waals surface area contributed by atoms with Crippen LogP contribution in [0.4, 0.5) is 20.3 Å². The van der Waals surface area contributed by atoms with E-state index in [9.17, 15) is 18.7 Å². The summed E-state index contributed by atoms with van der Waals surface area (Å²) in [5, 5.41) is 14.2. The van der Waals surface area contributed by atoms with Crippen molar-refractivity contribution in [3.8, 4) is 11.1 Å². The summed E-state index contributed by atoms with van der Waals surface area (Å²) in [5.41, 5.74) is 2.73. The van der Waals surface area contributed by atoms with Gasteiger partial charge >= 0.3 is 5.97 Å². The molecule has 1 aliphatic heterocycles. The highest BCUT2D eigenvalue weighted by molar-refractivity contribution is 5.96. The van der Waals surface area contributed by atoms with Crippen molar-refractivity contribution in [2.45, 2.75) is 19.3 Å². The van der Waals surface area contributed by atoms with Crippen molar-refractivity contribution in [2.24, 2.45) is 7.05 Å². The zero-order valence-electron chi connectivity index (χ0n) is 16.5. The van der Waals surface area contributed by atoms with Crippen molar-refractivity contribution in [1.82, 2.24) is 14.8 Å². The molecule has 158 valence electrons. The number of carboxylic acids is 1. The van der Waals surface area contributed by atoms with Crippen LogP contribution in [0.25, 0.3) is 22.1 Å². The van der Waals surface area contributed by atoms with Gasteiger partial charge in [0.25, 0.3) is 6.43 Å². The maximum Gasteiger partial charge on any atom is 0.354 e. The van der Waals surface area contributed by atoms with Gasteiger partial charge in [0.1, 0.15) is 0 Å². The molecule has 7 nitrogen and oxygen atoms in total. The first-order chi connectivity index (χ1) is 14.9. The summed E-state index contributed by atoms with van der Waals surface area (Å²) >= 11 is 0. The fourth-order valence-corrected chi connectivity index (χ4v) is 4.11. The number of carboxylic acid groups (broad SMARTS) is 1. The van der Waals surface area contributed by atoms with Gasteiger partial charge < -0.3 is 14.4 Å². The van der Waals surface area contributed by atoms with E-state index in [1.54, 1.807) is 41.2 Å². The van der Waals surface area contributed by atoms with E-state index in [4.69, 9.17) is 4.42 Å². The molecule has 0 fully saturated rings. The van der Waals surface area contributed by atoms with Crippen molar-refractivity contribution < 1.29 is 23.1 Å². The van der Waals surface area contributed by atoms with Gasteiger partial charge in [-0.2, -0.15) is 5.10 Å². The Morgan fingerprint density at radius 1 is 1.29 bits per heavy atom. The molecule has 0 amide bonds. The van der Waals surface area contributed by atoms with E-state index < -0.39 is 12.4 Å². The van der Waals surface area contributed by atoms with Gasteiger partial charge in [-0.15, -0.1) is 0 Å². The number of aromatic nitrogens is 3. The number of fused-ring (bicyclic) bond motifs is 2. The first-order valence-electron chi connectivity index (χ1n) is 9.75. The van der Waals surface area contributed by atoms with Gasteiger partial charge in [-0.1, -0.05) is 0 Å². The Labute approximate surface area is 175 Å². The summed E-state index contributed by atoms with van der Waals surface area (Å²) in [6.45, 7) is 0.508. The first kappa shape index (κ1) is 19.2. The number of alkyl halides is 2. The lowest BCUT2D eigenvalue weighted by atomic mass is 9.93. The largest absolute Gasteiger partial charge is 0.477 e. The molecule has 1 aromatic carbocycles. The van der Waals surface area contributed by atoms with E-state index in [0.717, 1.165) is 12.0 Å². The van der Waals surface area contributed by atoms with E-state index in [1.165, 1.54) is 18.4 Å². The smallest absolute Gasteiger partial charge is 0.354 e. The molecule has 0 saturated heterocycles. The molecule has 4 aromatic rings. The summed E-state index contributed by atoms with van der Waals surface area (Å²) in [6.07, 6.45) is 3.52. The Morgan fingerprint density at radius 2 is 2.13 bits per heavy atom. The standard InChI is InChI=1S/C22H18F2N4O3/c1-27-11-14(10-25-27)15-7-12-3-2-5-28(18(12)9-16(15)20(23)24)21-19-13(4-6-31-19)8-17(26-21)22(29)30/h4,6-11,20H,2-3,5H2,1H3,(H,29,30). The Bertz CT molecular complexity index is 1310. The maximum absolute atomic E-state index is 14.0. The first-order valence-corrected chi connectivity index (χ1v) is 9.75. The van der Waals surface area contributed by atoms with Crippen LogP contribution in [-0.4, -0.2) is 32.4 Å². The van der Waals surface area contributed by atoms with Gasteiger partial charge in [-0.05, 0) is 48.2 Å². The molecule has 0 unspecified atom stereocenters. The summed E-state index contributed by atoms with van der Waals surface area (Å²) in [6, 6.07) is 6.35. The van der Waals surface area contributed by atoms with Gasteiger partial charge in [0.2, 0.25) is 0 Å². The molecule has 1 aliphatic rings.